The van der Waals surface area contributed by atoms with Gasteiger partial charge in [0.15, 0.2) is 0 Å². The van der Waals surface area contributed by atoms with Crippen LogP contribution in [0.15, 0.2) is 24.5 Å². The average molecular weight is 290 g/mol. The van der Waals surface area contributed by atoms with Crippen molar-refractivity contribution < 1.29 is 9.72 Å². The minimum Gasteiger partial charge on any atom is -0.393 e. The molecule has 0 fully saturated rings. The molecule has 9 nitrogen and oxygen atoms in total. The zero-order valence-corrected chi connectivity index (χ0v) is 11.3. The molecule has 21 heavy (non-hydrogen) atoms. The van der Waals surface area contributed by atoms with Gasteiger partial charge in [0.05, 0.1) is 10.5 Å². The smallest absolute Gasteiger partial charge is 0.292 e. The first-order valence-electron chi connectivity index (χ1n) is 6.14. The topological polar surface area (TPSA) is 129 Å². The van der Waals surface area contributed by atoms with Crippen LogP contribution in [0.4, 0.5) is 11.4 Å². The van der Waals surface area contributed by atoms with Gasteiger partial charge < -0.3 is 15.6 Å². The first kappa shape index (κ1) is 14.4. The molecule has 0 unspecified atom stereocenters. The van der Waals surface area contributed by atoms with Gasteiger partial charge in [0, 0.05) is 26.1 Å². The fraction of sp³-hybridized carbons (Fsp3) is 0.250. The highest BCUT2D eigenvalue weighted by molar-refractivity contribution is 6.00. The monoisotopic (exact) mass is 290 g/mol. The van der Waals surface area contributed by atoms with E-state index < -0.39 is 10.8 Å². The Labute approximate surface area is 119 Å². The third-order valence-corrected chi connectivity index (χ3v) is 2.96. The van der Waals surface area contributed by atoms with Gasteiger partial charge in [0.25, 0.3) is 11.6 Å². The molecule has 0 aliphatic carbocycles. The van der Waals surface area contributed by atoms with Crippen molar-refractivity contribution in [1.82, 2.24) is 20.1 Å². The van der Waals surface area contributed by atoms with E-state index in [0.29, 0.717) is 13.0 Å². The number of hydrogen-bond donors (Lipinski definition) is 2. The Morgan fingerprint density at radius 1 is 1.52 bits per heavy atom. The standard InChI is InChI=1S/C12H14N6O3/c1-17-7-15-16-10(17)5-6-14-12(19)8-3-2-4-9(11(8)13)18(20)21/h2-4,7H,5-6,13H2,1H3,(H,14,19). The van der Waals surface area contributed by atoms with Crippen LogP contribution in [0.25, 0.3) is 0 Å². The molecule has 0 saturated heterocycles. The number of nitrogen functional groups attached to an aromatic ring is 1. The lowest BCUT2D eigenvalue weighted by Gasteiger charge is -2.07. The zero-order chi connectivity index (χ0) is 15.4. The van der Waals surface area contributed by atoms with E-state index in [1.165, 1.54) is 18.2 Å². The highest BCUT2D eigenvalue weighted by Gasteiger charge is 2.18. The van der Waals surface area contributed by atoms with Gasteiger partial charge >= 0.3 is 0 Å². The van der Waals surface area contributed by atoms with Crippen molar-refractivity contribution in [3.63, 3.8) is 0 Å². The first-order valence-corrected chi connectivity index (χ1v) is 6.14. The van der Waals surface area contributed by atoms with Crippen LogP contribution in [0.2, 0.25) is 0 Å². The summed E-state index contributed by atoms with van der Waals surface area (Å²) in [5, 5.41) is 21.0. The summed E-state index contributed by atoms with van der Waals surface area (Å²) in [6.07, 6.45) is 2.06. The number of para-hydroxylation sites is 1. The van der Waals surface area contributed by atoms with Crippen LogP contribution in [-0.2, 0) is 13.5 Å². The summed E-state index contributed by atoms with van der Waals surface area (Å²) in [7, 11) is 1.80. The second-order valence-electron chi connectivity index (χ2n) is 4.36. The van der Waals surface area contributed by atoms with Crippen molar-refractivity contribution in [2.75, 3.05) is 12.3 Å². The third-order valence-electron chi connectivity index (χ3n) is 2.96. The van der Waals surface area contributed by atoms with Crippen LogP contribution in [0.3, 0.4) is 0 Å². The summed E-state index contributed by atoms with van der Waals surface area (Å²) in [5.41, 5.74) is 5.31. The molecule has 2 rings (SSSR count). The Hall–Kier alpha value is -2.97. The van der Waals surface area contributed by atoms with Gasteiger partial charge in [0.2, 0.25) is 0 Å². The molecular formula is C12H14N6O3. The van der Waals surface area contributed by atoms with Crippen molar-refractivity contribution >= 4 is 17.3 Å². The molecule has 1 aromatic carbocycles. The van der Waals surface area contributed by atoms with Crippen molar-refractivity contribution in [1.29, 1.82) is 0 Å². The second-order valence-corrected chi connectivity index (χ2v) is 4.36. The number of nitrogens with one attached hydrogen (secondary N) is 1. The number of benzene rings is 1. The number of nitrogens with zero attached hydrogens (tertiary/aromatic N) is 4. The normalized spacial score (nSPS) is 10.3. The Bertz CT molecular complexity index is 681. The van der Waals surface area contributed by atoms with Crippen molar-refractivity contribution in [2.24, 2.45) is 7.05 Å². The molecule has 0 atom stereocenters. The van der Waals surface area contributed by atoms with Crippen LogP contribution in [0.1, 0.15) is 16.2 Å². The summed E-state index contributed by atoms with van der Waals surface area (Å²) in [6, 6.07) is 4.12. The number of aryl methyl sites for hydroxylation is 1. The Morgan fingerprint density at radius 2 is 2.29 bits per heavy atom. The number of hydrogen-bond acceptors (Lipinski definition) is 6. The van der Waals surface area contributed by atoms with E-state index in [1.807, 2.05) is 0 Å². The maximum atomic E-state index is 12.0. The summed E-state index contributed by atoms with van der Waals surface area (Å²) in [6.45, 7) is 0.327. The van der Waals surface area contributed by atoms with Crippen LogP contribution in [-0.4, -0.2) is 32.1 Å². The number of aromatic nitrogens is 3. The lowest BCUT2D eigenvalue weighted by atomic mass is 10.1. The number of rotatable bonds is 5. The van der Waals surface area contributed by atoms with Crippen molar-refractivity contribution in [2.45, 2.75) is 6.42 Å². The molecule has 1 amide bonds. The summed E-state index contributed by atoms with van der Waals surface area (Å²) >= 11 is 0. The minimum atomic E-state index is -0.619. The first-order chi connectivity index (χ1) is 10.0. The Morgan fingerprint density at radius 3 is 2.90 bits per heavy atom. The van der Waals surface area contributed by atoms with E-state index in [9.17, 15) is 14.9 Å². The maximum Gasteiger partial charge on any atom is 0.292 e. The molecular weight excluding hydrogens is 276 g/mol. The van der Waals surface area contributed by atoms with E-state index in [1.54, 1.807) is 17.9 Å². The highest BCUT2D eigenvalue weighted by atomic mass is 16.6. The fourth-order valence-electron chi connectivity index (χ4n) is 1.83. The van der Waals surface area contributed by atoms with Gasteiger partial charge in [-0.15, -0.1) is 10.2 Å². The van der Waals surface area contributed by atoms with Crippen LogP contribution in [0, 0.1) is 10.1 Å². The molecule has 0 aliphatic rings. The number of carbonyl (C=O) groups is 1. The predicted molar refractivity (Wildman–Crippen MR) is 74.5 cm³/mol. The summed E-state index contributed by atoms with van der Waals surface area (Å²) in [5.74, 6) is 0.265. The molecule has 1 heterocycles. The molecule has 110 valence electrons. The second kappa shape index (κ2) is 5.99. The number of carbonyl (C=O) groups excluding carboxylic acids is 1. The van der Waals surface area contributed by atoms with E-state index in [2.05, 4.69) is 15.5 Å². The summed E-state index contributed by atoms with van der Waals surface area (Å²) in [4.78, 5) is 22.2. The molecule has 0 bridgehead atoms. The average Bonchev–Trinajstić information content (AvgIpc) is 2.84. The van der Waals surface area contributed by atoms with Crippen molar-refractivity contribution in [3.8, 4) is 0 Å². The minimum absolute atomic E-state index is 0.0853. The molecule has 9 heteroatoms. The van der Waals surface area contributed by atoms with Crippen molar-refractivity contribution in [3.05, 3.63) is 46.0 Å². The molecule has 0 radical (unpaired) electrons. The summed E-state index contributed by atoms with van der Waals surface area (Å²) < 4.78 is 1.74. The lowest BCUT2D eigenvalue weighted by Crippen LogP contribution is -2.27. The Kier molecular flexibility index (Phi) is 4.12. The predicted octanol–water partition coefficient (Wildman–Crippen LogP) is 0.278. The number of anilines is 1. The van der Waals surface area contributed by atoms with Gasteiger partial charge in [-0.25, -0.2) is 0 Å². The fourth-order valence-corrected chi connectivity index (χ4v) is 1.83. The van der Waals surface area contributed by atoms with Gasteiger partial charge in [-0.3, -0.25) is 14.9 Å². The van der Waals surface area contributed by atoms with Gasteiger partial charge in [-0.2, -0.15) is 0 Å². The molecule has 1 aromatic heterocycles. The molecule has 0 spiro atoms. The molecule has 0 saturated carbocycles. The van der Waals surface area contributed by atoms with Crippen LogP contribution >= 0.6 is 0 Å². The quantitative estimate of drug-likeness (QED) is 0.462. The third kappa shape index (κ3) is 3.14. The lowest BCUT2D eigenvalue weighted by molar-refractivity contribution is -0.383. The SMILES string of the molecule is Cn1cnnc1CCNC(=O)c1cccc([N+](=O)[O-])c1N. The Balaban J connectivity index is 2.02. The molecule has 2 aromatic rings. The number of nitro benzene ring substituents is 1. The molecule has 0 aliphatic heterocycles. The number of nitro groups is 1. The number of nitrogens with two attached hydrogens (primary N) is 1. The maximum absolute atomic E-state index is 12.0. The highest BCUT2D eigenvalue weighted by Crippen LogP contribution is 2.24. The van der Waals surface area contributed by atoms with E-state index in [0.717, 1.165) is 5.82 Å². The van der Waals surface area contributed by atoms with Gasteiger partial charge in [-0.05, 0) is 6.07 Å². The van der Waals surface area contributed by atoms with E-state index in [4.69, 9.17) is 5.73 Å². The van der Waals surface area contributed by atoms with Crippen LogP contribution < -0.4 is 11.1 Å². The largest absolute Gasteiger partial charge is 0.393 e. The zero-order valence-electron chi connectivity index (χ0n) is 11.3. The van der Waals surface area contributed by atoms with E-state index in [-0.39, 0.29) is 16.9 Å². The molecule has 3 N–H and O–H groups in total. The van der Waals surface area contributed by atoms with Gasteiger partial charge in [0.1, 0.15) is 17.8 Å². The number of amides is 1. The van der Waals surface area contributed by atoms with Gasteiger partial charge in [-0.1, -0.05) is 6.07 Å². The van der Waals surface area contributed by atoms with Crippen LogP contribution in [0.5, 0.6) is 0 Å². The van der Waals surface area contributed by atoms with E-state index >= 15 is 0 Å².